The number of hydrogen-bond donors (Lipinski definition) is 4. The molecule has 3 heterocycles. The van der Waals surface area contributed by atoms with Gasteiger partial charge in [0, 0.05) is 25.9 Å². The van der Waals surface area contributed by atoms with E-state index in [9.17, 15) is 14.7 Å². The minimum atomic E-state index is -1.54. The molecule has 0 aliphatic carbocycles. The molecule has 11 heteroatoms. The fourth-order valence-corrected chi connectivity index (χ4v) is 4.03. The number of likely N-dealkylation sites (N-methyl/N-ethyl adjacent to an activating group) is 2. The van der Waals surface area contributed by atoms with Crippen LogP contribution in [0, 0.1) is 0 Å². The van der Waals surface area contributed by atoms with Crippen LogP contribution in [0.3, 0.4) is 0 Å². The first kappa shape index (κ1) is 20.3. The van der Waals surface area contributed by atoms with Gasteiger partial charge in [0.2, 0.25) is 5.66 Å². The van der Waals surface area contributed by atoms with Gasteiger partial charge in [-0.15, -0.1) is 0 Å². The highest BCUT2D eigenvalue weighted by Crippen LogP contribution is 2.45. The summed E-state index contributed by atoms with van der Waals surface area (Å²) in [6, 6.07) is 7.02. The van der Waals surface area contributed by atoms with E-state index in [0.29, 0.717) is 34.8 Å². The number of aliphatic carboxylic acids is 1. The Morgan fingerprint density at radius 3 is 2.74 bits per heavy atom. The number of H-pyrrole nitrogens is 1. The lowest BCUT2D eigenvalue weighted by atomic mass is 10.1. The average molecular weight is 425 g/mol. The van der Waals surface area contributed by atoms with Crippen LogP contribution in [0.5, 0.6) is 5.75 Å². The fourth-order valence-electron chi connectivity index (χ4n) is 4.03. The number of aromatic amines is 1. The van der Waals surface area contributed by atoms with Crippen LogP contribution in [0.1, 0.15) is 17.4 Å². The number of carbonyl (C=O) groups excluding carboxylic acids is 1. The van der Waals surface area contributed by atoms with Crippen molar-refractivity contribution >= 4 is 40.2 Å². The van der Waals surface area contributed by atoms with Gasteiger partial charge in [-0.05, 0) is 25.1 Å². The first-order valence-corrected chi connectivity index (χ1v) is 9.65. The first-order valence-electron chi connectivity index (χ1n) is 9.65. The summed E-state index contributed by atoms with van der Waals surface area (Å²) in [6.45, 7) is 2.03. The molecule has 4 rings (SSSR count). The van der Waals surface area contributed by atoms with Crippen molar-refractivity contribution in [2.45, 2.75) is 12.6 Å². The Hall–Kier alpha value is -4.02. The lowest BCUT2D eigenvalue weighted by molar-refractivity contribution is -0.142. The van der Waals surface area contributed by atoms with E-state index in [0.717, 1.165) is 0 Å². The van der Waals surface area contributed by atoms with Crippen molar-refractivity contribution in [3.05, 3.63) is 36.2 Å². The summed E-state index contributed by atoms with van der Waals surface area (Å²) in [7, 11) is 3.23. The normalized spacial score (nSPS) is 17.6. The van der Waals surface area contributed by atoms with Crippen LogP contribution in [-0.4, -0.2) is 64.8 Å². The molecule has 31 heavy (non-hydrogen) atoms. The van der Waals surface area contributed by atoms with Crippen LogP contribution in [0.15, 0.2) is 30.5 Å². The molecule has 1 unspecified atom stereocenters. The SMILES string of the molecule is CCN1c2cc(OC)ccc2N(C)C1(CNC(=O)c1nc2cc[nH]c2nc1N)C(=O)O. The lowest BCUT2D eigenvalue weighted by Crippen LogP contribution is -2.67. The molecule has 1 atom stereocenters. The summed E-state index contributed by atoms with van der Waals surface area (Å²) in [4.78, 5) is 40.0. The monoisotopic (exact) mass is 425 g/mol. The van der Waals surface area contributed by atoms with Gasteiger partial charge in [0.1, 0.15) is 11.3 Å². The molecule has 0 radical (unpaired) electrons. The van der Waals surface area contributed by atoms with Crippen molar-refractivity contribution in [3.8, 4) is 5.75 Å². The number of methoxy groups -OCH3 is 1. The Kier molecular flexibility index (Phi) is 4.80. The molecule has 1 aromatic carbocycles. The molecule has 5 N–H and O–H groups in total. The molecule has 0 spiro atoms. The predicted octanol–water partition coefficient (Wildman–Crippen LogP) is 1.04. The van der Waals surface area contributed by atoms with Crippen molar-refractivity contribution in [3.63, 3.8) is 0 Å². The number of aromatic nitrogens is 3. The van der Waals surface area contributed by atoms with Gasteiger partial charge < -0.3 is 35.7 Å². The van der Waals surface area contributed by atoms with Crippen LogP contribution >= 0.6 is 0 Å². The summed E-state index contributed by atoms with van der Waals surface area (Å²) in [5.41, 5.74) is 6.67. The Morgan fingerprint density at radius 2 is 2.06 bits per heavy atom. The highest BCUT2D eigenvalue weighted by molar-refractivity contribution is 6.00. The van der Waals surface area contributed by atoms with Crippen molar-refractivity contribution in [1.29, 1.82) is 0 Å². The third kappa shape index (κ3) is 2.97. The number of carbonyl (C=O) groups is 2. The van der Waals surface area contributed by atoms with Crippen LogP contribution in [0.2, 0.25) is 0 Å². The highest BCUT2D eigenvalue weighted by Gasteiger charge is 2.54. The standard InChI is InChI=1S/C20H23N7O4/c1-4-27-14-9-11(31-3)5-6-13(14)26(2)20(27,19(29)30)10-23-18(28)15-16(21)25-17-12(24-15)7-8-22-17/h5-9H,4,10H2,1-3H3,(H,23,28)(H,29,30)(H3,21,22,25). The lowest BCUT2D eigenvalue weighted by Gasteiger charge is -2.40. The summed E-state index contributed by atoms with van der Waals surface area (Å²) < 4.78 is 5.30. The number of ether oxygens (including phenoxy) is 1. The second-order valence-electron chi connectivity index (χ2n) is 7.13. The van der Waals surface area contributed by atoms with Crippen LogP contribution in [0.25, 0.3) is 11.2 Å². The van der Waals surface area contributed by atoms with Crippen molar-refractivity contribution in [1.82, 2.24) is 20.3 Å². The molecule has 162 valence electrons. The third-order valence-electron chi connectivity index (χ3n) is 5.62. The zero-order valence-corrected chi connectivity index (χ0v) is 17.3. The van der Waals surface area contributed by atoms with Crippen molar-refractivity contribution < 1.29 is 19.4 Å². The highest BCUT2D eigenvalue weighted by atomic mass is 16.5. The van der Waals surface area contributed by atoms with Gasteiger partial charge in [-0.3, -0.25) is 4.79 Å². The summed E-state index contributed by atoms with van der Waals surface area (Å²) in [6.07, 6.45) is 1.64. The van der Waals surface area contributed by atoms with Crippen molar-refractivity contribution in [2.75, 3.05) is 42.8 Å². The van der Waals surface area contributed by atoms with Gasteiger partial charge in [0.25, 0.3) is 5.91 Å². The molecule has 1 amide bonds. The Balaban J connectivity index is 1.67. The largest absolute Gasteiger partial charge is 0.497 e. The minimum Gasteiger partial charge on any atom is -0.497 e. The molecular weight excluding hydrogens is 402 g/mol. The maximum Gasteiger partial charge on any atom is 0.352 e. The van der Waals surface area contributed by atoms with E-state index in [-0.39, 0.29) is 18.1 Å². The Morgan fingerprint density at radius 1 is 1.29 bits per heavy atom. The molecule has 1 aliphatic heterocycles. The quantitative estimate of drug-likeness (QED) is 0.454. The number of nitrogens with two attached hydrogens (primary N) is 1. The van der Waals surface area contributed by atoms with Crippen LogP contribution in [0.4, 0.5) is 17.2 Å². The average Bonchev–Trinajstić information content (AvgIpc) is 3.31. The van der Waals surface area contributed by atoms with E-state index < -0.39 is 17.5 Å². The molecule has 0 fully saturated rings. The Bertz CT molecular complexity index is 1180. The van der Waals surface area contributed by atoms with Crippen LogP contribution in [-0.2, 0) is 4.79 Å². The number of nitrogen functional groups attached to an aromatic ring is 1. The second-order valence-corrected chi connectivity index (χ2v) is 7.13. The van der Waals surface area contributed by atoms with E-state index >= 15 is 0 Å². The van der Waals surface area contributed by atoms with Gasteiger partial charge >= 0.3 is 5.97 Å². The second kappa shape index (κ2) is 7.35. The number of fused-ring (bicyclic) bond motifs is 2. The number of carboxylic acid groups (broad SMARTS) is 1. The van der Waals surface area contributed by atoms with Gasteiger partial charge in [-0.25, -0.2) is 14.8 Å². The maximum absolute atomic E-state index is 12.9. The number of amides is 1. The van der Waals surface area contributed by atoms with Gasteiger partial charge in [0.05, 0.1) is 25.0 Å². The van der Waals surface area contributed by atoms with Gasteiger partial charge in [-0.1, -0.05) is 0 Å². The summed E-state index contributed by atoms with van der Waals surface area (Å²) in [5.74, 6) is -1.14. The van der Waals surface area contributed by atoms with E-state index in [1.807, 2.05) is 6.92 Å². The van der Waals surface area contributed by atoms with E-state index in [1.165, 1.54) is 0 Å². The first-order chi connectivity index (χ1) is 14.8. The zero-order chi connectivity index (χ0) is 22.3. The number of hydrogen-bond acceptors (Lipinski definition) is 8. The Labute approximate surface area is 177 Å². The summed E-state index contributed by atoms with van der Waals surface area (Å²) >= 11 is 0. The number of carboxylic acids is 1. The molecule has 2 aromatic heterocycles. The molecule has 11 nitrogen and oxygen atoms in total. The predicted molar refractivity (Wildman–Crippen MR) is 115 cm³/mol. The smallest absolute Gasteiger partial charge is 0.352 e. The van der Waals surface area contributed by atoms with Crippen molar-refractivity contribution in [2.24, 2.45) is 0 Å². The molecule has 0 saturated carbocycles. The number of nitrogens with one attached hydrogen (secondary N) is 2. The van der Waals surface area contributed by atoms with Gasteiger partial charge in [0.15, 0.2) is 17.2 Å². The minimum absolute atomic E-state index is 0.0445. The molecule has 0 bridgehead atoms. The fraction of sp³-hybridized carbons (Fsp3) is 0.300. The van der Waals surface area contributed by atoms with E-state index in [1.54, 1.807) is 54.4 Å². The van der Waals surface area contributed by atoms with Gasteiger partial charge in [-0.2, -0.15) is 0 Å². The number of benzene rings is 1. The molecule has 1 aliphatic rings. The van der Waals surface area contributed by atoms with Crippen LogP contribution < -0.4 is 25.6 Å². The maximum atomic E-state index is 12.9. The topological polar surface area (TPSA) is 150 Å². The number of anilines is 3. The number of rotatable bonds is 6. The molecule has 3 aromatic rings. The van der Waals surface area contributed by atoms with E-state index in [4.69, 9.17) is 10.5 Å². The third-order valence-corrected chi connectivity index (χ3v) is 5.62. The molecular formula is C20H23N7O4. The zero-order valence-electron chi connectivity index (χ0n) is 17.3. The summed E-state index contributed by atoms with van der Waals surface area (Å²) in [5, 5.41) is 13.0. The van der Waals surface area contributed by atoms with E-state index in [2.05, 4.69) is 20.3 Å². The molecule has 0 saturated heterocycles. The number of nitrogens with zero attached hydrogens (tertiary/aromatic N) is 4.